The molecule has 0 fully saturated rings. The van der Waals surface area contributed by atoms with E-state index in [1.165, 1.54) is 35.7 Å². The lowest BCUT2D eigenvalue weighted by atomic mass is 9.90. The Morgan fingerprint density at radius 1 is 1.30 bits per heavy atom. The van der Waals surface area contributed by atoms with E-state index >= 15 is 0 Å². The van der Waals surface area contributed by atoms with Crippen LogP contribution in [0.15, 0.2) is 35.7 Å². The first kappa shape index (κ1) is 13.4. The third-order valence-electron chi connectivity index (χ3n) is 3.78. The van der Waals surface area contributed by atoms with Gasteiger partial charge in [0.15, 0.2) is 10.9 Å². The second-order valence-corrected chi connectivity index (χ2v) is 6.17. The number of benzene rings is 1. The standard InChI is InChI=1S/C16H18N2OS/c1-18-9-8-17-16(18)20-11-15(19)14-7-6-12-4-2-3-5-13(12)10-14/h6-10H,2-5,11H2,1H3. The van der Waals surface area contributed by atoms with Crippen molar-refractivity contribution in [3.8, 4) is 0 Å². The Labute approximate surface area is 123 Å². The van der Waals surface area contributed by atoms with Crippen molar-refractivity contribution in [1.82, 2.24) is 9.55 Å². The molecule has 1 aromatic carbocycles. The molecule has 0 atom stereocenters. The molecule has 3 rings (SSSR count). The first-order valence-electron chi connectivity index (χ1n) is 6.99. The highest BCUT2D eigenvalue weighted by Gasteiger charge is 2.13. The van der Waals surface area contributed by atoms with Crippen molar-refractivity contribution >= 4 is 17.5 Å². The van der Waals surface area contributed by atoms with Crippen molar-refractivity contribution in [2.75, 3.05) is 5.75 Å². The monoisotopic (exact) mass is 286 g/mol. The van der Waals surface area contributed by atoms with Crippen molar-refractivity contribution < 1.29 is 4.79 Å². The Kier molecular flexibility index (Phi) is 3.92. The molecule has 0 N–H and O–H groups in total. The first-order chi connectivity index (χ1) is 9.74. The van der Waals surface area contributed by atoms with Gasteiger partial charge in [-0.15, -0.1) is 0 Å². The maximum Gasteiger partial charge on any atom is 0.173 e. The summed E-state index contributed by atoms with van der Waals surface area (Å²) in [5.74, 6) is 0.635. The van der Waals surface area contributed by atoms with E-state index < -0.39 is 0 Å². The van der Waals surface area contributed by atoms with E-state index in [0.717, 1.165) is 23.6 Å². The number of fused-ring (bicyclic) bond motifs is 1. The summed E-state index contributed by atoms with van der Waals surface area (Å²) < 4.78 is 1.94. The number of nitrogens with zero attached hydrogens (tertiary/aromatic N) is 2. The van der Waals surface area contributed by atoms with Gasteiger partial charge in [-0.2, -0.15) is 0 Å². The van der Waals surface area contributed by atoms with Gasteiger partial charge in [-0.3, -0.25) is 4.79 Å². The summed E-state index contributed by atoms with van der Waals surface area (Å²) in [4.78, 5) is 16.5. The van der Waals surface area contributed by atoms with Crippen LogP contribution < -0.4 is 0 Å². The van der Waals surface area contributed by atoms with E-state index in [2.05, 4.69) is 17.1 Å². The lowest BCUT2D eigenvalue weighted by Crippen LogP contribution is -2.08. The normalized spacial score (nSPS) is 14.1. The summed E-state index contributed by atoms with van der Waals surface area (Å²) in [5, 5.41) is 0.885. The molecule has 1 aromatic heterocycles. The molecule has 0 saturated heterocycles. The van der Waals surface area contributed by atoms with Crippen LogP contribution in [0.5, 0.6) is 0 Å². The fraction of sp³-hybridized carbons (Fsp3) is 0.375. The van der Waals surface area contributed by atoms with Crippen LogP contribution >= 0.6 is 11.8 Å². The summed E-state index contributed by atoms with van der Waals surface area (Å²) >= 11 is 1.50. The lowest BCUT2D eigenvalue weighted by molar-refractivity contribution is 0.102. The number of thioether (sulfide) groups is 1. The minimum absolute atomic E-state index is 0.186. The van der Waals surface area contributed by atoms with Gasteiger partial charge < -0.3 is 4.57 Å². The Morgan fingerprint density at radius 2 is 2.10 bits per heavy atom. The van der Waals surface area contributed by atoms with Crippen molar-refractivity contribution in [2.45, 2.75) is 30.8 Å². The number of hydrogen-bond acceptors (Lipinski definition) is 3. The zero-order valence-electron chi connectivity index (χ0n) is 11.6. The molecule has 1 aliphatic rings. The van der Waals surface area contributed by atoms with Gasteiger partial charge in [0, 0.05) is 25.0 Å². The van der Waals surface area contributed by atoms with Crippen LogP contribution in [0.25, 0.3) is 0 Å². The maximum absolute atomic E-state index is 12.3. The largest absolute Gasteiger partial charge is 0.329 e. The van der Waals surface area contributed by atoms with E-state index in [-0.39, 0.29) is 5.78 Å². The van der Waals surface area contributed by atoms with E-state index in [9.17, 15) is 4.79 Å². The zero-order valence-corrected chi connectivity index (χ0v) is 12.4. The minimum Gasteiger partial charge on any atom is -0.329 e. The molecule has 0 spiro atoms. The highest BCUT2D eigenvalue weighted by atomic mass is 32.2. The molecule has 3 nitrogen and oxygen atoms in total. The van der Waals surface area contributed by atoms with Crippen LogP contribution in [0, 0.1) is 0 Å². The van der Waals surface area contributed by atoms with Gasteiger partial charge in [0.05, 0.1) is 5.75 Å². The average Bonchev–Trinajstić information content (AvgIpc) is 2.89. The quantitative estimate of drug-likeness (QED) is 0.639. The zero-order chi connectivity index (χ0) is 13.9. The predicted molar refractivity (Wildman–Crippen MR) is 81.3 cm³/mol. The van der Waals surface area contributed by atoms with E-state index in [1.54, 1.807) is 6.20 Å². The van der Waals surface area contributed by atoms with Gasteiger partial charge in [-0.1, -0.05) is 23.9 Å². The van der Waals surface area contributed by atoms with Crippen LogP contribution in [0.1, 0.15) is 34.3 Å². The topological polar surface area (TPSA) is 34.9 Å². The molecule has 20 heavy (non-hydrogen) atoms. The van der Waals surface area contributed by atoms with Crippen LogP contribution in [0.4, 0.5) is 0 Å². The minimum atomic E-state index is 0.186. The molecule has 0 radical (unpaired) electrons. The summed E-state index contributed by atoms with van der Waals surface area (Å²) in [7, 11) is 1.94. The third kappa shape index (κ3) is 2.80. The smallest absolute Gasteiger partial charge is 0.173 e. The number of aromatic nitrogens is 2. The van der Waals surface area contributed by atoms with Gasteiger partial charge in [0.2, 0.25) is 0 Å². The predicted octanol–water partition coefficient (Wildman–Crippen LogP) is 3.27. The Morgan fingerprint density at radius 3 is 2.85 bits per heavy atom. The summed E-state index contributed by atoms with van der Waals surface area (Å²) in [6, 6.07) is 6.20. The third-order valence-corrected chi connectivity index (χ3v) is 4.84. The van der Waals surface area contributed by atoms with E-state index in [1.807, 2.05) is 23.9 Å². The number of Topliss-reactive ketones (excluding diaryl/α,β-unsaturated/α-hetero) is 1. The van der Waals surface area contributed by atoms with Crippen LogP contribution in [0.3, 0.4) is 0 Å². The molecule has 104 valence electrons. The van der Waals surface area contributed by atoms with Crippen molar-refractivity contribution in [1.29, 1.82) is 0 Å². The van der Waals surface area contributed by atoms with Crippen molar-refractivity contribution in [3.05, 3.63) is 47.3 Å². The van der Waals surface area contributed by atoms with Crippen LogP contribution in [-0.2, 0) is 19.9 Å². The van der Waals surface area contributed by atoms with Crippen molar-refractivity contribution in [2.24, 2.45) is 7.05 Å². The fourth-order valence-corrected chi connectivity index (χ4v) is 3.44. The fourth-order valence-electron chi connectivity index (χ4n) is 2.61. The van der Waals surface area contributed by atoms with Gasteiger partial charge in [-0.25, -0.2) is 4.98 Å². The molecule has 2 aromatic rings. The molecule has 1 aliphatic carbocycles. The molecule has 0 saturated carbocycles. The summed E-state index contributed by atoms with van der Waals surface area (Å²) in [6.07, 6.45) is 8.44. The number of rotatable bonds is 4. The maximum atomic E-state index is 12.3. The number of aryl methyl sites for hydroxylation is 3. The van der Waals surface area contributed by atoms with Gasteiger partial charge >= 0.3 is 0 Å². The highest BCUT2D eigenvalue weighted by molar-refractivity contribution is 7.99. The van der Waals surface area contributed by atoms with Gasteiger partial charge in [-0.05, 0) is 42.9 Å². The second kappa shape index (κ2) is 5.83. The first-order valence-corrected chi connectivity index (χ1v) is 7.98. The molecule has 4 heteroatoms. The number of imidazole rings is 1. The lowest BCUT2D eigenvalue weighted by Gasteiger charge is -2.16. The van der Waals surface area contributed by atoms with E-state index in [0.29, 0.717) is 5.75 Å². The molecule has 0 bridgehead atoms. The number of carbonyl (C=O) groups excluding carboxylic acids is 1. The number of hydrogen-bond donors (Lipinski definition) is 0. The molecular formula is C16H18N2OS. The SMILES string of the molecule is Cn1ccnc1SCC(=O)c1ccc2c(c1)CCCC2. The molecular weight excluding hydrogens is 268 g/mol. The molecule has 1 heterocycles. The van der Waals surface area contributed by atoms with Crippen LogP contribution in [-0.4, -0.2) is 21.1 Å². The van der Waals surface area contributed by atoms with Crippen LogP contribution in [0.2, 0.25) is 0 Å². The van der Waals surface area contributed by atoms with Gasteiger partial charge in [0.25, 0.3) is 0 Å². The summed E-state index contributed by atoms with van der Waals surface area (Å²) in [5.41, 5.74) is 3.63. The average molecular weight is 286 g/mol. The molecule has 0 aliphatic heterocycles. The Hall–Kier alpha value is -1.55. The Balaban J connectivity index is 1.69. The Bertz CT molecular complexity index is 633. The van der Waals surface area contributed by atoms with Gasteiger partial charge in [0.1, 0.15) is 0 Å². The highest BCUT2D eigenvalue weighted by Crippen LogP contribution is 2.23. The number of ketones is 1. The second-order valence-electron chi connectivity index (χ2n) is 5.22. The van der Waals surface area contributed by atoms with Crippen molar-refractivity contribution in [3.63, 3.8) is 0 Å². The molecule has 0 unspecified atom stereocenters. The summed E-state index contributed by atoms with van der Waals surface area (Å²) in [6.45, 7) is 0. The number of carbonyl (C=O) groups is 1. The van der Waals surface area contributed by atoms with E-state index in [4.69, 9.17) is 0 Å². The molecule has 0 amide bonds.